The van der Waals surface area contributed by atoms with Gasteiger partial charge in [-0.15, -0.1) is 0 Å². The van der Waals surface area contributed by atoms with Gasteiger partial charge in [-0.1, -0.05) is 29.3 Å². The van der Waals surface area contributed by atoms with Crippen LogP contribution in [-0.2, 0) is 24.8 Å². The largest absolute Gasteiger partial charge is 0.369 e. The molecule has 3 heterocycles. The molecule has 13 heteroatoms. The lowest BCUT2D eigenvalue weighted by atomic mass is 9.95. The Bertz CT molecular complexity index is 1560. The monoisotopic (exact) mass is 630 g/mol. The van der Waals surface area contributed by atoms with Crippen molar-refractivity contribution in [2.24, 2.45) is 0 Å². The molecular formula is C29H32Cl2N6O4S. The lowest BCUT2D eigenvalue weighted by molar-refractivity contribution is -0.140. The van der Waals surface area contributed by atoms with Gasteiger partial charge in [-0.05, 0) is 69.0 Å². The van der Waals surface area contributed by atoms with Crippen LogP contribution in [0.1, 0.15) is 37.7 Å². The van der Waals surface area contributed by atoms with E-state index in [9.17, 15) is 23.3 Å². The van der Waals surface area contributed by atoms with Crippen LogP contribution in [0.15, 0.2) is 41.4 Å². The van der Waals surface area contributed by atoms with Gasteiger partial charge in [0, 0.05) is 44.6 Å². The number of likely N-dealkylation sites (N-methyl/N-ethyl adjacent to an activating group) is 1. The number of aromatic nitrogens is 1. The van der Waals surface area contributed by atoms with Crippen molar-refractivity contribution in [3.05, 3.63) is 52.3 Å². The zero-order valence-corrected chi connectivity index (χ0v) is 25.6. The third-order valence-electron chi connectivity index (χ3n) is 9.12. The Kier molecular flexibility index (Phi) is 7.41. The van der Waals surface area contributed by atoms with Crippen LogP contribution in [0, 0.1) is 11.3 Å². The molecule has 222 valence electrons. The number of pyridine rings is 1. The fourth-order valence-corrected chi connectivity index (χ4v) is 8.40. The van der Waals surface area contributed by atoms with E-state index >= 15 is 0 Å². The fraction of sp³-hybridized carbons (Fsp3) is 0.517. The van der Waals surface area contributed by atoms with Crippen molar-refractivity contribution in [1.29, 1.82) is 5.26 Å². The summed E-state index contributed by atoms with van der Waals surface area (Å²) >= 11 is 12.6. The maximum absolute atomic E-state index is 14.1. The van der Waals surface area contributed by atoms with Crippen molar-refractivity contribution in [3.8, 4) is 6.07 Å². The van der Waals surface area contributed by atoms with Gasteiger partial charge in [0.05, 0.1) is 26.7 Å². The second-order valence-electron chi connectivity index (χ2n) is 11.9. The summed E-state index contributed by atoms with van der Waals surface area (Å²) in [6.45, 7) is 3.26. The van der Waals surface area contributed by atoms with Crippen molar-refractivity contribution in [3.63, 3.8) is 0 Å². The maximum Gasteiger partial charge on any atom is 0.244 e. The van der Waals surface area contributed by atoms with Crippen molar-refractivity contribution < 1.29 is 18.0 Å². The van der Waals surface area contributed by atoms with Crippen LogP contribution >= 0.6 is 23.2 Å². The second kappa shape index (κ2) is 10.7. The molecule has 2 saturated carbocycles. The van der Waals surface area contributed by atoms with Crippen LogP contribution in [0.25, 0.3) is 0 Å². The minimum atomic E-state index is -4.01. The highest BCUT2D eigenvalue weighted by Crippen LogP contribution is 2.51. The van der Waals surface area contributed by atoms with Gasteiger partial charge < -0.3 is 20.0 Å². The number of rotatable bonds is 7. The molecule has 2 amide bonds. The summed E-state index contributed by atoms with van der Waals surface area (Å²) in [5.74, 6) is -0.829. The molecule has 2 saturated heterocycles. The van der Waals surface area contributed by atoms with E-state index in [-0.39, 0.29) is 28.8 Å². The van der Waals surface area contributed by atoms with E-state index in [1.807, 2.05) is 0 Å². The van der Waals surface area contributed by atoms with Crippen molar-refractivity contribution in [2.75, 3.05) is 44.7 Å². The number of nitrogens with zero attached hydrogens (tertiary/aromatic N) is 5. The quantitative estimate of drug-likeness (QED) is 0.463. The first-order chi connectivity index (χ1) is 20.0. The number of amides is 2. The van der Waals surface area contributed by atoms with Gasteiger partial charge in [-0.2, -0.15) is 5.26 Å². The Morgan fingerprint density at radius 1 is 1.07 bits per heavy atom. The third kappa shape index (κ3) is 5.23. The molecule has 0 unspecified atom stereocenters. The maximum atomic E-state index is 14.1. The molecular weight excluding hydrogens is 599 g/mol. The molecule has 0 radical (unpaired) electrons. The lowest BCUT2D eigenvalue weighted by Gasteiger charge is -2.34. The number of piperazine rings is 1. The number of carbonyl (C=O) groups excluding carboxylic acids is 2. The van der Waals surface area contributed by atoms with E-state index in [2.05, 4.69) is 33.2 Å². The van der Waals surface area contributed by atoms with E-state index in [0.29, 0.717) is 36.4 Å². The molecule has 2 atom stereocenters. The smallest absolute Gasteiger partial charge is 0.244 e. The fourth-order valence-electron chi connectivity index (χ4n) is 6.05. The summed E-state index contributed by atoms with van der Waals surface area (Å²) in [4.78, 5) is 37.5. The molecule has 2 aliphatic carbocycles. The van der Waals surface area contributed by atoms with Gasteiger partial charge in [0.25, 0.3) is 0 Å². The first-order valence-corrected chi connectivity index (χ1v) is 16.4. The number of hydrogen-bond donors (Lipinski definition) is 1. The molecule has 2 aromatic rings. The Balaban J connectivity index is 1.28. The minimum Gasteiger partial charge on any atom is -0.369 e. The zero-order valence-electron chi connectivity index (χ0n) is 23.2. The van der Waals surface area contributed by atoms with Crippen molar-refractivity contribution in [1.82, 2.24) is 20.1 Å². The Labute approximate surface area is 255 Å². The Morgan fingerprint density at radius 3 is 2.36 bits per heavy atom. The molecule has 0 spiro atoms. The average Bonchev–Trinajstić information content (AvgIpc) is 3.89. The van der Waals surface area contributed by atoms with Gasteiger partial charge >= 0.3 is 0 Å². The van der Waals surface area contributed by atoms with E-state index in [0.717, 1.165) is 31.9 Å². The van der Waals surface area contributed by atoms with E-state index in [1.165, 1.54) is 11.0 Å². The van der Waals surface area contributed by atoms with Gasteiger partial charge in [0.2, 0.25) is 11.8 Å². The van der Waals surface area contributed by atoms with Gasteiger partial charge in [0.15, 0.2) is 9.84 Å². The Hall–Kier alpha value is -2.91. The van der Waals surface area contributed by atoms with Crippen LogP contribution in [0.4, 0.5) is 5.69 Å². The number of benzene rings is 1. The number of halogens is 2. The molecule has 4 aliphatic rings. The Morgan fingerprint density at radius 2 is 1.79 bits per heavy atom. The van der Waals surface area contributed by atoms with Crippen LogP contribution in [0.2, 0.25) is 10.2 Å². The summed E-state index contributed by atoms with van der Waals surface area (Å²) in [6.07, 6.45) is 3.62. The number of sulfone groups is 1. The average molecular weight is 632 g/mol. The van der Waals surface area contributed by atoms with E-state index < -0.39 is 38.0 Å². The van der Waals surface area contributed by atoms with Crippen LogP contribution in [0.3, 0.4) is 0 Å². The van der Waals surface area contributed by atoms with Crippen LogP contribution < -0.4 is 10.2 Å². The number of nitriles is 1. The molecule has 4 fully saturated rings. The number of hydrogen-bond acceptors (Lipinski definition) is 8. The normalized spacial score (nSPS) is 24.6. The van der Waals surface area contributed by atoms with Crippen molar-refractivity contribution >= 4 is 50.5 Å². The predicted molar refractivity (Wildman–Crippen MR) is 158 cm³/mol. The first-order valence-electron chi connectivity index (χ1n) is 14.1. The molecule has 42 heavy (non-hydrogen) atoms. The summed E-state index contributed by atoms with van der Waals surface area (Å²) in [5.41, 5.74) is -0.308. The summed E-state index contributed by atoms with van der Waals surface area (Å²) in [7, 11) is -1.95. The summed E-state index contributed by atoms with van der Waals surface area (Å²) in [5, 5.41) is 11.7. The number of carbonyl (C=O) groups is 2. The third-order valence-corrected chi connectivity index (χ3v) is 12.0. The standard InChI is InChI=1S/C29H32Cl2N6O4S/c1-35-10-12-36(13-11-35)20-3-4-24(22(30)14-20)42(40,41)21-15-23(26(38)34-28(18-32)6-7-28)37(17-21)27(39)29(8-9-29)19-2-5-25(31)33-16-19/h2-5,14,16,21,23H,6-13,15,17H2,1H3,(H,34,38)/t21-,23+/m1/s1. The van der Waals surface area contributed by atoms with Crippen molar-refractivity contribution in [2.45, 2.75) is 59.2 Å². The van der Waals surface area contributed by atoms with Gasteiger partial charge in [-0.3, -0.25) is 9.59 Å². The highest BCUT2D eigenvalue weighted by Gasteiger charge is 2.58. The molecule has 6 rings (SSSR count). The lowest BCUT2D eigenvalue weighted by Crippen LogP contribution is -2.51. The molecule has 2 aliphatic heterocycles. The summed E-state index contributed by atoms with van der Waals surface area (Å²) in [6, 6.07) is 9.43. The molecule has 0 bridgehead atoms. The van der Waals surface area contributed by atoms with Gasteiger partial charge in [0.1, 0.15) is 16.7 Å². The van der Waals surface area contributed by atoms with Crippen LogP contribution in [-0.4, -0.2) is 91.6 Å². The SMILES string of the molecule is CN1CCN(c2ccc(S(=O)(=O)[C@@H]3C[C@@H](C(=O)NC4(C#N)CC4)N(C(=O)C4(c5ccc(Cl)nc5)CC4)C3)c(Cl)c2)CC1. The number of nitrogens with one attached hydrogen (secondary N) is 1. The van der Waals surface area contributed by atoms with Crippen LogP contribution in [0.5, 0.6) is 0 Å². The number of anilines is 1. The first kappa shape index (κ1) is 29.2. The molecule has 1 aromatic heterocycles. The highest BCUT2D eigenvalue weighted by atomic mass is 35.5. The van der Waals surface area contributed by atoms with E-state index in [4.69, 9.17) is 23.2 Å². The minimum absolute atomic E-state index is 0.0146. The predicted octanol–water partition coefficient (Wildman–Crippen LogP) is 2.79. The second-order valence-corrected chi connectivity index (χ2v) is 14.9. The topological polar surface area (TPSA) is 127 Å². The summed E-state index contributed by atoms with van der Waals surface area (Å²) < 4.78 is 28.0. The van der Waals surface area contributed by atoms with Gasteiger partial charge in [-0.25, -0.2) is 13.4 Å². The zero-order chi connectivity index (χ0) is 29.9. The highest BCUT2D eigenvalue weighted by molar-refractivity contribution is 7.92. The molecule has 1 N–H and O–H groups in total. The molecule has 10 nitrogen and oxygen atoms in total. The number of likely N-dealkylation sites (tertiary alicyclic amines) is 1. The van der Waals surface area contributed by atoms with E-state index in [1.54, 1.807) is 30.5 Å². The molecule has 1 aromatic carbocycles.